The molecule has 0 aliphatic heterocycles. The summed E-state index contributed by atoms with van der Waals surface area (Å²) in [6.07, 6.45) is 1.78. The molecule has 0 radical (unpaired) electrons. The molecule has 19 heavy (non-hydrogen) atoms. The van der Waals surface area contributed by atoms with Gasteiger partial charge in [0, 0.05) is 23.2 Å². The van der Waals surface area contributed by atoms with E-state index in [1.807, 2.05) is 6.07 Å². The molecule has 1 aromatic rings. The third kappa shape index (κ3) is 15.5. The molecule has 9 heteroatoms. The van der Waals surface area contributed by atoms with Gasteiger partial charge in [-0.3, -0.25) is 0 Å². The van der Waals surface area contributed by atoms with Crippen molar-refractivity contribution in [2.75, 3.05) is 32.6 Å². The molecule has 0 amide bonds. The summed E-state index contributed by atoms with van der Waals surface area (Å²) in [5, 5.41) is 8.36. The van der Waals surface area contributed by atoms with E-state index in [-0.39, 0.29) is 0 Å². The first-order valence-electron chi connectivity index (χ1n) is 5.41. The van der Waals surface area contributed by atoms with Crippen molar-refractivity contribution in [1.29, 1.82) is 0 Å². The molecule has 1 rings (SSSR count). The number of halogens is 1. The van der Waals surface area contributed by atoms with E-state index in [1.165, 1.54) is 6.42 Å². The molecule has 1 aromatic heterocycles. The second kappa shape index (κ2) is 9.49. The Morgan fingerprint density at radius 2 is 2.05 bits per heavy atom. The summed E-state index contributed by atoms with van der Waals surface area (Å²) in [4.78, 5) is 2.18. The molecule has 0 fully saturated rings. The van der Waals surface area contributed by atoms with E-state index >= 15 is 0 Å². The Morgan fingerprint density at radius 1 is 1.47 bits per heavy atom. The first-order valence-corrected chi connectivity index (χ1v) is 8.59. The monoisotopic (exact) mass is 327 g/mol. The first-order chi connectivity index (χ1) is 8.68. The molecule has 0 aliphatic rings. The minimum atomic E-state index is -3.92. The normalized spacial score (nSPS) is 11.1. The molecule has 0 aromatic carbocycles. The highest BCUT2D eigenvalue weighted by Gasteiger charge is 2.03. The lowest BCUT2D eigenvalue weighted by atomic mass is 10.5. The molecule has 0 bridgehead atoms. The largest absolute Gasteiger partial charge is 0.748 e. The van der Waals surface area contributed by atoms with E-state index in [1.54, 1.807) is 17.8 Å². The highest BCUT2D eigenvalue weighted by Crippen LogP contribution is 2.13. The Labute approximate surface area is 123 Å². The van der Waals surface area contributed by atoms with Crippen LogP contribution in [0.2, 0.25) is 5.15 Å². The number of rotatable bonds is 5. The summed E-state index contributed by atoms with van der Waals surface area (Å²) < 4.78 is 27.2. The number of aromatic amines is 1. The van der Waals surface area contributed by atoms with Gasteiger partial charge in [-0.2, -0.15) is 0 Å². The Hall–Kier alpha value is -0.410. The average Bonchev–Trinajstić information content (AvgIpc) is 2.24. The van der Waals surface area contributed by atoms with Crippen molar-refractivity contribution in [2.45, 2.75) is 11.4 Å². The zero-order valence-corrected chi connectivity index (χ0v) is 13.5. The van der Waals surface area contributed by atoms with E-state index < -0.39 is 10.1 Å². The lowest BCUT2D eigenvalue weighted by Gasteiger charge is -2.06. The molecule has 6 nitrogen and oxygen atoms in total. The molecule has 0 saturated heterocycles. The standard InChI is InChI=1S/C9H14ClN3S.CH4O3S/c1-13(2)6-3-7-14-9-5-4-8(10)11-12-9;1-5(2,3)4/h4-5H,3,6-7H2,1-2H3;1H3,(H,2,3,4). The quantitative estimate of drug-likeness (QED) is 0.450. The van der Waals surface area contributed by atoms with E-state index in [0.717, 1.165) is 17.3 Å². The van der Waals surface area contributed by atoms with Crippen molar-refractivity contribution in [3.63, 3.8) is 0 Å². The number of hydrogen-bond donors (Lipinski definition) is 0. The molecule has 0 spiro atoms. The zero-order valence-electron chi connectivity index (χ0n) is 11.1. The van der Waals surface area contributed by atoms with E-state index in [0.29, 0.717) is 11.4 Å². The van der Waals surface area contributed by atoms with Crippen LogP contribution in [-0.2, 0) is 10.1 Å². The molecular formula is C10H18ClN3O3S2. The number of nitrogens with zero attached hydrogens (tertiary/aromatic N) is 2. The highest BCUT2D eigenvalue weighted by molar-refractivity contribution is 7.99. The second-order valence-corrected chi connectivity index (χ2v) is 6.89. The van der Waals surface area contributed by atoms with Gasteiger partial charge in [0.15, 0.2) is 5.15 Å². The Balaban J connectivity index is 0.000000555. The van der Waals surface area contributed by atoms with Gasteiger partial charge in [0.1, 0.15) is 0 Å². The van der Waals surface area contributed by atoms with Crippen molar-refractivity contribution < 1.29 is 18.1 Å². The van der Waals surface area contributed by atoms with Crippen LogP contribution in [0.1, 0.15) is 6.42 Å². The molecule has 0 saturated carbocycles. The molecule has 110 valence electrons. The Bertz CT molecular complexity index is 444. The number of thioether (sulfide) groups is 1. The highest BCUT2D eigenvalue weighted by atomic mass is 35.5. The van der Waals surface area contributed by atoms with Crippen LogP contribution in [0.4, 0.5) is 0 Å². The number of aromatic nitrogens is 2. The van der Waals surface area contributed by atoms with Gasteiger partial charge in [-0.25, -0.2) is 8.42 Å². The van der Waals surface area contributed by atoms with Gasteiger partial charge in [0.2, 0.25) is 0 Å². The summed E-state index contributed by atoms with van der Waals surface area (Å²) in [6.45, 7) is 1.12. The van der Waals surface area contributed by atoms with Crippen LogP contribution in [0, 0.1) is 0 Å². The molecule has 1 heterocycles. The van der Waals surface area contributed by atoms with Gasteiger partial charge < -0.3 is 9.45 Å². The molecular weight excluding hydrogens is 310 g/mol. The number of hydrogen-bond acceptors (Lipinski definition) is 6. The lowest BCUT2D eigenvalue weighted by Crippen LogP contribution is -2.14. The molecule has 0 atom stereocenters. The van der Waals surface area contributed by atoms with Crippen molar-refractivity contribution in [2.24, 2.45) is 0 Å². The molecule has 0 aliphatic carbocycles. The maximum atomic E-state index is 9.08. The van der Waals surface area contributed by atoms with Crippen LogP contribution in [-0.4, -0.2) is 55.6 Å². The molecule has 0 unspecified atom stereocenters. The SMILES string of the molecule is CN(C)CCCSc1ccc(Cl)n[nH+]1.CS(=O)(=O)[O-]. The number of nitrogens with one attached hydrogen (secondary N) is 1. The van der Waals surface area contributed by atoms with Crippen molar-refractivity contribution in [1.82, 2.24) is 10.00 Å². The second-order valence-electron chi connectivity index (χ2n) is 3.95. The summed E-state index contributed by atoms with van der Waals surface area (Å²) in [7, 11) is 0.251. The van der Waals surface area contributed by atoms with E-state index in [9.17, 15) is 0 Å². The Kier molecular flexibility index (Phi) is 9.28. The van der Waals surface area contributed by atoms with Crippen molar-refractivity contribution in [3.05, 3.63) is 17.3 Å². The van der Waals surface area contributed by atoms with E-state index in [4.69, 9.17) is 24.6 Å². The lowest BCUT2D eigenvalue weighted by molar-refractivity contribution is -0.499. The summed E-state index contributed by atoms with van der Waals surface area (Å²) in [5.41, 5.74) is 0. The number of H-pyrrole nitrogens is 1. The van der Waals surface area contributed by atoms with Crippen molar-refractivity contribution >= 4 is 33.5 Å². The van der Waals surface area contributed by atoms with Gasteiger partial charge in [-0.1, -0.05) is 28.5 Å². The fraction of sp³-hybridized carbons (Fsp3) is 0.600. The predicted molar refractivity (Wildman–Crippen MR) is 75.3 cm³/mol. The maximum absolute atomic E-state index is 9.08. The summed E-state index contributed by atoms with van der Waals surface area (Å²) >= 11 is 7.42. The van der Waals surface area contributed by atoms with Gasteiger partial charge >= 0.3 is 0 Å². The van der Waals surface area contributed by atoms with Crippen LogP contribution >= 0.6 is 23.4 Å². The van der Waals surface area contributed by atoms with Crippen LogP contribution in [0.5, 0.6) is 0 Å². The minimum Gasteiger partial charge on any atom is -0.748 e. The minimum absolute atomic E-state index is 0.502. The van der Waals surface area contributed by atoms with Gasteiger partial charge in [0.05, 0.1) is 10.1 Å². The van der Waals surface area contributed by atoms with Crippen molar-refractivity contribution in [3.8, 4) is 0 Å². The fourth-order valence-corrected chi connectivity index (χ4v) is 1.84. The predicted octanol–water partition coefficient (Wildman–Crippen LogP) is 0.754. The average molecular weight is 328 g/mol. The van der Waals surface area contributed by atoms with Crippen LogP contribution in [0.15, 0.2) is 17.2 Å². The topological polar surface area (TPSA) is 87.5 Å². The third-order valence-corrected chi connectivity index (χ3v) is 2.89. The fourth-order valence-electron chi connectivity index (χ4n) is 0.971. The third-order valence-electron chi connectivity index (χ3n) is 1.65. The summed E-state index contributed by atoms with van der Waals surface area (Å²) in [5.74, 6) is 1.10. The smallest absolute Gasteiger partial charge is 0.263 e. The first kappa shape index (κ1) is 18.6. The van der Waals surface area contributed by atoms with Crippen LogP contribution in [0.3, 0.4) is 0 Å². The zero-order chi connectivity index (χ0) is 14.9. The van der Waals surface area contributed by atoms with Gasteiger partial charge in [-0.15, -0.1) is 0 Å². The van der Waals surface area contributed by atoms with Crippen LogP contribution < -0.4 is 5.10 Å². The Morgan fingerprint density at radius 3 is 2.47 bits per heavy atom. The molecule has 1 N–H and O–H groups in total. The van der Waals surface area contributed by atoms with Crippen LogP contribution in [0.25, 0.3) is 0 Å². The maximum Gasteiger partial charge on any atom is 0.263 e. The van der Waals surface area contributed by atoms with E-state index in [2.05, 4.69) is 29.2 Å². The van der Waals surface area contributed by atoms with Gasteiger partial charge in [-0.05, 0) is 33.1 Å². The summed E-state index contributed by atoms with van der Waals surface area (Å²) in [6, 6.07) is 3.75. The van der Waals surface area contributed by atoms with Gasteiger partial charge in [0.25, 0.3) is 5.03 Å².